The topological polar surface area (TPSA) is 84.9 Å². The molecule has 2 aromatic rings. The Morgan fingerprint density at radius 3 is 2.12 bits per heavy atom. The van der Waals surface area contributed by atoms with Crippen LogP contribution in [0.25, 0.3) is 11.1 Å². The van der Waals surface area contributed by atoms with Gasteiger partial charge in [0.15, 0.2) is 0 Å². The van der Waals surface area contributed by atoms with Crippen molar-refractivity contribution in [2.75, 3.05) is 20.3 Å². The third kappa shape index (κ3) is 3.37. The highest BCUT2D eigenvalue weighted by atomic mass is 16.5. The molecule has 2 heterocycles. The van der Waals surface area contributed by atoms with Crippen LogP contribution >= 0.6 is 0 Å². The zero-order chi connectivity index (χ0) is 23.0. The average Bonchev–Trinajstić information content (AvgIpc) is 3.27. The molecule has 2 aliphatic heterocycles. The maximum absolute atomic E-state index is 13.1. The summed E-state index contributed by atoms with van der Waals surface area (Å²) >= 11 is 0. The number of imide groups is 1. The lowest BCUT2D eigenvalue weighted by atomic mass is 9.80. The van der Waals surface area contributed by atoms with Crippen LogP contribution in [0.2, 0.25) is 0 Å². The number of rotatable bonds is 6. The van der Waals surface area contributed by atoms with Gasteiger partial charge in [0, 0.05) is 12.6 Å². The van der Waals surface area contributed by atoms with Crippen LogP contribution in [0.5, 0.6) is 5.75 Å². The van der Waals surface area contributed by atoms with Gasteiger partial charge in [0.05, 0.1) is 25.6 Å². The Morgan fingerprint density at radius 1 is 1.00 bits per heavy atom. The summed E-state index contributed by atoms with van der Waals surface area (Å²) in [6.07, 6.45) is 0. The summed E-state index contributed by atoms with van der Waals surface area (Å²) in [4.78, 5) is 40.3. The first-order valence-electron chi connectivity index (χ1n) is 10.9. The van der Waals surface area contributed by atoms with Crippen LogP contribution < -0.4 is 10.1 Å². The van der Waals surface area contributed by atoms with Crippen LogP contribution in [0.3, 0.4) is 0 Å². The first-order valence-corrected chi connectivity index (χ1v) is 10.9. The summed E-state index contributed by atoms with van der Waals surface area (Å²) in [5.41, 5.74) is 1.64. The normalized spacial score (nSPS) is 26.9. The molecule has 0 saturated carbocycles. The van der Waals surface area contributed by atoms with Crippen molar-refractivity contribution in [3.8, 4) is 16.9 Å². The van der Waals surface area contributed by atoms with E-state index >= 15 is 0 Å². The second-order valence-electron chi connectivity index (χ2n) is 8.32. The van der Waals surface area contributed by atoms with E-state index in [-0.39, 0.29) is 25.0 Å². The summed E-state index contributed by atoms with van der Waals surface area (Å²) in [6, 6.07) is 15.1. The van der Waals surface area contributed by atoms with Gasteiger partial charge in [0.1, 0.15) is 11.3 Å². The maximum atomic E-state index is 13.1. The number of likely N-dealkylation sites (tertiary alicyclic amines) is 1. The van der Waals surface area contributed by atoms with Crippen LogP contribution in [0.4, 0.5) is 0 Å². The second kappa shape index (κ2) is 8.39. The number of hydrogen-bond donors (Lipinski definition) is 1. The minimum atomic E-state index is -1.27. The molecule has 0 aromatic heterocycles. The number of methoxy groups -OCH3 is 1. The predicted octanol–water partition coefficient (Wildman–Crippen LogP) is 2.95. The monoisotopic (exact) mass is 436 g/mol. The second-order valence-corrected chi connectivity index (χ2v) is 8.32. The van der Waals surface area contributed by atoms with E-state index in [2.05, 4.69) is 5.32 Å². The molecule has 1 N–H and O–H groups in total. The van der Waals surface area contributed by atoms with E-state index < -0.39 is 29.4 Å². The molecule has 2 aromatic carbocycles. The van der Waals surface area contributed by atoms with Crippen molar-refractivity contribution >= 4 is 17.8 Å². The Hall–Kier alpha value is -3.19. The fraction of sp³-hybridized carbons (Fsp3) is 0.400. The van der Waals surface area contributed by atoms with E-state index in [0.29, 0.717) is 0 Å². The molecule has 4 atom stereocenters. The molecular weight excluding hydrogens is 408 g/mol. The highest BCUT2D eigenvalue weighted by Gasteiger charge is 2.66. The number of hydrogen-bond acceptors (Lipinski definition) is 6. The van der Waals surface area contributed by atoms with Gasteiger partial charge in [-0.3, -0.25) is 24.6 Å². The van der Waals surface area contributed by atoms with Crippen LogP contribution in [0, 0.1) is 11.8 Å². The molecule has 168 valence electrons. The van der Waals surface area contributed by atoms with Crippen molar-refractivity contribution in [2.24, 2.45) is 11.8 Å². The summed E-state index contributed by atoms with van der Waals surface area (Å²) in [6.45, 7) is 5.65. The molecule has 0 bridgehead atoms. The quantitative estimate of drug-likeness (QED) is 0.554. The van der Waals surface area contributed by atoms with Crippen LogP contribution in [-0.2, 0) is 19.1 Å². The molecule has 0 aliphatic carbocycles. The standard InChI is InChI=1S/C25H28N2O5/c1-5-27-22(28)19-20(23(27)29)25(3,24(30)32-6-2)26-21(19)17-9-7-15(8-10-17)16-11-13-18(31-4)14-12-16/h7-14,19-21,26H,5-6H2,1-4H3/t19-,20-,21-,25-/m1/s1. The highest BCUT2D eigenvalue weighted by molar-refractivity contribution is 6.09. The summed E-state index contributed by atoms with van der Waals surface area (Å²) in [7, 11) is 1.63. The lowest BCUT2D eigenvalue weighted by molar-refractivity contribution is -0.155. The van der Waals surface area contributed by atoms with E-state index in [1.165, 1.54) is 4.90 Å². The lowest BCUT2D eigenvalue weighted by Crippen LogP contribution is -2.54. The molecule has 0 spiro atoms. The maximum Gasteiger partial charge on any atom is 0.326 e. The number of nitrogens with zero attached hydrogens (tertiary/aromatic N) is 1. The van der Waals surface area contributed by atoms with Crippen molar-refractivity contribution in [2.45, 2.75) is 32.4 Å². The Morgan fingerprint density at radius 2 is 1.59 bits per heavy atom. The van der Waals surface area contributed by atoms with E-state index in [4.69, 9.17) is 9.47 Å². The van der Waals surface area contributed by atoms with Crippen LogP contribution in [0.1, 0.15) is 32.4 Å². The molecule has 0 unspecified atom stereocenters. The molecule has 2 amide bonds. The zero-order valence-electron chi connectivity index (χ0n) is 18.8. The Labute approximate surface area is 187 Å². The first-order chi connectivity index (χ1) is 15.3. The zero-order valence-corrected chi connectivity index (χ0v) is 18.8. The fourth-order valence-electron chi connectivity index (χ4n) is 4.93. The molecule has 2 aliphatic rings. The Bertz CT molecular complexity index is 1030. The average molecular weight is 437 g/mol. The predicted molar refractivity (Wildman–Crippen MR) is 119 cm³/mol. The minimum absolute atomic E-state index is 0.203. The lowest BCUT2D eigenvalue weighted by Gasteiger charge is -2.29. The first kappa shape index (κ1) is 22.0. The van der Waals surface area contributed by atoms with E-state index in [0.717, 1.165) is 22.4 Å². The van der Waals surface area contributed by atoms with Gasteiger partial charge in [-0.2, -0.15) is 0 Å². The van der Waals surface area contributed by atoms with Gasteiger partial charge in [-0.25, -0.2) is 0 Å². The number of esters is 1. The van der Waals surface area contributed by atoms with Crippen LogP contribution in [-0.4, -0.2) is 48.5 Å². The van der Waals surface area contributed by atoms with Crippen molar-refractivity contribution in [1.29, 1.82) is 0 Å². The number of ether oxygens (including phenoxy) is 2. The summed E-state index contributed by atoms with van der Waals surface area (Å²) < 4.78 is 10.5. The molecule has 4 rings (SSSR count). The number of benzene rings is 2. The fourth-order valence-corrected chi connectivity index (χ4v) is 4.93. The minimum Gasteiger partial charge on any atom is -0.497 e. The van der Waals surface area contributed by atoms with Gasteiger partial charge in [-0.05, 0) is 49.6 Å². The van der Waals surface area contributed by atoms with Crippen molar-refractivity contribution in [3.63, 3.8) is 0 Å². The van der Waals surface area contributed by atoms with Gasteiger partial charge in [-0.15, -0.1) is 0 Å². The van der Waals surface area contributed by atoms with Gasteiger partial charge < -0.3 is 9.47 Å². The molecule has 7 nitrogen and oxygen atoms in total. The number of amides is 2. The third-order valence-electron chi connectivity index (χ3n) is 6.59. The molecule has 0 radical (unpaired) electrons. The molecule has 2 fully saturated rings. The van der Waals surface area contributed by atoms with E-state index in [9.17, 15) is 14.4 Å². The Kier molecular flexibility index (Phi) is 5.77. The van der Waals surface area contributed by atoms with E-state index in [1.54, 1.807) is 27.9 Å². The summed E-state index contributed by atoms with van der Waals surface area (Å²) in [5, 5.41) is 3.29. The van der Waals surface area contributed by atoms with Gasteiger partial charge in [0.2, 0.25) is 11.8 Å². The smallest absolute Gasteiger partial charge is 0.326 e. The molecule has 32 heavy (non-hydrogen) atoms. The number of carbonyl (C=O) groups is 3. The SMILES string of the molecule is CCOC(=O)[C@]1(C)N[C@H](c2ccc(-c3ccc(OC)cc3)cc2)[C@@H]2C(=O)N(CC)C(=O)[C@@H]21. The Balaban J connectivity index is 1.68. The van der Waals surface area contributed by atoms with Crippen molar-refractivity contribution < 1.29 is 23.9 Å². The van der Waals surface area contributed by atoms with Crippen LogP contribution in [0.15, 0.2) is 48.5 Å². The third-order valence-corrected chi connectivity index (χ3v) is 6.59. The highest BCUT2D eigenvalue weighted by Crippen LogP contribution is 2.49. The van der Waals surface area contributed by atoms with Gasteiger partial charge >= 0.3 is 5.97 Å². The number of nitrogens with one attached hydrogen (secondary N) is 1. The number of carbonyl (C=O) groups excluding carboxylic acids is 3. The van der Waals surface area contributed by atoms with Gasteiger partial charge in [-0.1, -0.05) is 36.4 Å². The molecule has 2 saturated heterocycles. The van der Waals surface area contributed by atoms with Crippen molar-refractivity contribution in [3.05, 3.63) is 54.1 Å². The molecule has 7 heteroatoms. The van der Waals surface area contributed by atoms with Crippen molar-refractivity contribution in [1.82, 2.24) is 10.2 Å². The summed E-state index contributed by atoms with van der Waals surface area (Å²) in [5.74, 6) is -1.72. The largest absolute Gasteiger partial charge is 0.497 e. The molecular formula is C25H28N2O5. The van der Waals surface area contributed by atoms with E-state index in [1.807, 2.05) is 48.5 Å². The number of fused-ring (bicyclic) bond motifs is 1. The van der Waals surface area contributed by atoms with Gasteiger partial charge in [0.25, 0.3) is 0 Å².